The molecule has 1 aromatic heterocycles. The van der Waals surface area contributed by atoms with E-state index in [9.17, 15) is 13.7 Å². The zero-order valence-corrected chi connectivity index (χ0v) is 19.0. The van der Waals surface area contributed by atoms with E-state index in [2.05, 4.69) is 11.2 Å². The fourth-order valence-corrected chi connectivity index (χ4v) is 5.85. The molecule has 0 saturated carbocycles. The number of aryl methyl sites for hydroxylation is 1. The lowest BCUT2D eigenvalue weighted by molar-refractivity contribution is 0.277. The summed E-state index contributed by atoms with van der Waals surface area (Å²) in [5.41, 5.74) is 9.16. The van der Waals surface area contributed by atoms with Crippen LogP contribution < -0.4 is 14.8 Å². The summed E-state index contributed by atoms with van der Waals surface area (Å²) in [5, 5.41) is 14.5. The van der Waals surface area contributed by atoms with Gasteiger partial charge < -0.3 is 10.5 Å². The molecule has 0 bridgehead atoms. The van der Waals surface area contributed by atoms with E-state index >= 15 is 0 Å². The Morgan fingerprint density at radius 3 is 2.48 bits per heavy atom. The molecule has 2 aliphatic heterocycles. The summed E-state index contributed by atoms with van der Waals surface area (Å²) in [6.45, 7) is 8.43. The second-order valence-corrected chi connectivity index (χ2v) is 11.0. The number of rotatable bonds is 2. The Morgan fingerprint density at radius 1 is 1.23 bits per heavy atom. The number of sulfonamides is 1. The summed E-state index contributed by atoms with van der Waals surface area (Å²) in [5.74, 6) is 0.334. The van der Waals surface area contributed by atoms with Crippen molar-refractivity contribution in [3.8, 4) is 11.9 Å². The first-order valence-electron chi connectivity index (χ1n) is 10.3. The zero-order valence-electron chi connectivity index (χ0n) is 18.2. The Morgan fingerprint density at radius 2 is 1.90 bits per heavy atom. The van der Waals surface area contributed by atoms with E-state index in [4.69, 9.17) is 10.5 Å². The lowest BCUT2D eigenvalue weighted by atomic mass is 9.84. The molecule has 31 heavy (non-hydrogen) atoms. The first-order valence-corrected chi connectivity index (χ1v) is 11.9. The third kappa shape index (κ3) is 3.55. The first kappa shape index (κ1) is 21.2. The van der Waals surface area contributed by atoms with Crippen LogP contribution in [0.3, 0.4) is 0 Å². The quantitative estimate of drug-likeness (QED) is 0.766. The van der Waals surface area contributed by atoms with E-state index in [-0.39, 0.29) is 17.2 Å². The molecular weight excluding hydrogens is 414 g/mol. The molecule has 0 amide bonds. The summed E-state index contributed by atoms with van der Waals surface area (Å²) >= 11 is 0. The van der Waals surface area contributed by atoms with E-state index in [1.807, 2.05) is 39.8 Å². The van der Waals surface area contributed by atoms with Crippen molar-refractivity contribution in [2.45, 2.75) is 52.0 Å². The van der Waals surface area contributed by atoms with Gasteiger partial charge in [0, 0.05) is 6.54 Å². The van der Waals surface area contributed by atoms with Gasteiger partial charge in [0.25, 0.3) is 0 Å². The molecule has 164 valence electrons. The molecular formula is C22H27N5O3S. The predicted molar refractivity (Wildman–Crippen MR) is 118 cm³/mol. The van der Waals surface area contributed by atoms with Crippen molar-refractivity contribution in [1.82, 2.24) is 9.78 Å². The standard InChI is InChI=1S/C22H27N5O3S/c1-14-18-19(17(13-23)20(24)30-21(18)27(25-14)22(2,3)4)15-7-9-16(10-8-15)26-11-5-6-12-31(26,28)29/h7-10,19H,5-6,11-12,24H2,1-4H3. The highest BCUT2D eigenvalue weighted by Crippen LogP contribution is 2.45. The Labute approximate surface area is 183 Å². The molecule has 1 atom stereocenters. The fourth-order valence-electron chi connectivity index (χ4n) is 4.21. The van der Waals surface area contributed by atoms with Gasteiger partial charge in [-0.25, -0.2) is 13.1 Å². The van der Waals surface area contributed by atoms with Crippen LogP contribution in [0, 0.1) is 18.3 Å². The van der Waals surface area contributed by atoms with Gasteiger partial charge in [-0.05, 0) is 58.2 Å². The van der Waals surface area contributed by atoms with Crippen LogP contribution in [-0.2, 0) is 15.6 Å². The van der Waals surface area contributed by atoms with Crippen molar-refractivity contribution in [2.75, 3.05) is 16.6 Å². The van der Waals surface area contributed by atoms with Crippen molar-refractivity contribution in [3.05, 3.63) is 52.5 Å². The van der Waals surface area contributed by atoms with Crippen LogP contribution in [0.1, 0.15) is 56.4 Å². The monoisotopic (exact) mass is 441 g/mol. The summed E-state index contributed by atoms with van der Waals surface area (Å²) in [4.78, 5) is 0. The van der Waals surface area contributed by atoms with Gasteiger partial charge in [0.05, 0.1) is 34.2 Å². The van der Waals surface area contributed by atoms with Crippen molar-refractivity contribution in [3.63, 3.8) is 0 Å². The lowest BCUT2D eigenvalue weighted by Gasteiger charge is -2.29. The van der Waals surface area contributed by atoms with E-state index in [0.717, 1.165) is 23.2 Å². The minimum atomic E-state index is -3.29. The molecule has 4 rings (SSSR count). The average molecular weight is 442 g/mol. The van der Waals surface area contributed by atoms with Crippen LogP contribution >= 0.6 is 0 Å². The summed E-state index contributed by atoms with van der Waals surface area (Å²) in [7, 11) is -3.29. The van der Waals surface area contributed by atoms with Crippen molar-refractivity contribution in [2.24, 2.45) is 5.73 Å². The molecule has 0 aliphatic carbocycles. The Balaban J connectivity index is 1.81. The molecule has 0 radical (unpaired) electrons. The van der Waals surface area contributed by atoms with Gasteiger partial charge in [-0.1, -0.05) is 12.1 Å². The second-order valence-electron chi connectivity index (χ2n) is 9.00. The SMILES string of the molecule is Cc1nn(C(C)(C)C)c2c1C(c1ccc(N3CCCCS3(=O)=O)cc1)C(C#N)=C(N)O2. The average Bonchev–Trinajstić information content (AvgIpc) is 3.03. The van der Waals surface area contributed by atoms with Crippen LogP contribution in [-0.4, -0.2) is 30.5 Å². The van der Waals surface area contributed by atoms with Crippen LogP contribution in [0.25, 0.3) is 0 Å². The van der Waals surface area contributed by atoms with Crippen molar-refractivity contribution < 1.29 is 13.2 Å². The number of hydrogen-bond donors (Lipinski definition) is 1. The molecule has 8 nitrogen and oxygen atoms in total. The maximum Gasteiger partial charge on any atom is 0.235 e. The molecule has 1 saturated heterocycles. The summed E-state index contributed by atoms with van der Waals surface area (Å²) in [6, 6.07) is 9.50. The molecule has 2 N–H and O–H groups in total. The number of anilines is 1. The number of ether oxygens (including phenoxy) is 1. The van der Waals surface area contributed by atoms with Gasteiger partial charge >= 0.3 is 0 Å². The van der Waals surface area contributed by atoms with Crippen LogP contribution in [0.15, 0.2) is 35.7 Å². The van der Waals surface area contributed by atoms with Gasteiger partial charge in [0.1, 0.15) is 11.6 Å². The molecule has 2 aromatic rings. The Hall–Kier alpha value is -2.99. The van der Waals surface area contributed by atoms with Gasteiger partial charge in [-0.3, -0.25) is 4.31 Å². The van der Waals surface area contributed by atoms with Gasteiger partial charge in [0.15, 0.2) is 0 Å². The van der Waals surface area contributed by atoms with E-state index in [1.165, 1.54) is 4.31 Å². The number of nitrogens with zero attached hydrogens (tertiary/aromatic N) is 4. The first-order chi connectivity index (χ1) is 14.5. The highest BCUT2D eigenvalue weighted by Gasteiger charge is 2.38. The molecule has 1 fully saturated rings. The molecule has 2 aliphatic rings. The zero-order chi connectivity index (χ0) is 22.6. The van der Waals surface area contributed by atoms with Crippen molar-refractivity contribution >= 4 is 15.7 Å². The maximum absolute atomic E-state index is 12.4. The molecule has 1 aromatic carbocycles. The van der Waals surface area contributed by atoms with Gasteiger partial charge in [0.2, 0.25) is 21.8 Å². The highest BCUT2D eigenvalue weighted by atomic mass is 32.2. The lowest BCUT2D eigenvalue weighted by Crippen LogP contribution is -2.37. The Bertz CT molecular complexity index is 1200. The fraction of sp³-hybridized carbons (Fsp3) is 0.455. The van der Waals surface area contributed by atoms with Crippen LogP contribution in [0.4, 0.5) is 5.69 Å². The van der Waals surface area contributed by atoms with Crippen LogP contribution in [0.5, 0.6) is 5.88 Å². The number of nitrogens with two attached hydrogens (primary N) is 1. The maximum atomic E-state index is 12.4. The second kappa shape index (κ2) is 7.31. The number of benzene rings is 1. The summed E-state index contributed by atoms with van der Waals surface area (Å²) in [6.07, 6.45) is 1.53. The molecule has 0 spiro atoms. The topological polar surface area (TPSA) is 114 Å². The van der Waals surface area contributed by atoms with E-state index < -0.39 is 15.9 Å². The summed E-state index contributed by atoms with van der Waals surface area (Å²) < 4.78 is 34.0. The molecule has 3 heterocycles. The third-order valence-electron chi connectivity index (χ3n) is 5.73. The largest absolute Gasteiger partial charge is 0.422 e. The minimum absolute atomic E-state index is 0.0630. The highest BCUT2D eigenvalue weighted by molar-refractivity contribution is 7.92. The molecule has 9 heteroatoms. The predicted octanol–water partition coefficient (Wildman–Crippen LogP) is 3.09. The number of hydrogen-bond acceptors (Lipinski definition) is 6. The van der Waals surface area contributed by atoms with Crippen molar-refractivity contribution in [1.29, 1.82) is 5.26 Å². The number of allylic oxidation sites excluding steroid dienone is 1. The van der Waals surface area contributed by atoms with Gasteiger partial charge in [-0.2, -0.15) is 10.4 Å². The van der Waals surface area contributed by atoms with Crippen LogP contribution in [0.2, 0.25) is 0 Å². The van der Waals surface area contributed by atoms with E-state index in [1.54, 1.807) is 16.8 Å². The van der Waals surface area contributed by atoms with E-state index in [0.29, 0.717) is 30.1 Å². The minimum Gasteiger partial charge on any atom is -0.422 e. The number of nitriles is 1. The Kier molecular flexibility index (Phi) is 5.01. The number of aromatic nitrogens is 2. The third-order valence-corrected chi connectivity index (χ3v) is 7.60. The molecule has 1 unspecified atom stereocenters. The smallest absolute Gasteiger partial charge is 0.235 e. The normalized spacial score (nSPS) is 20.7. The van der Waals surface area contributed by atoms with Gasteiger partial charge in [-0.15, -0.1) is 0 Å². The number of fused-ring (bicyclic) bond motifs is 1.